The Morgan fingerprint density at radius 2 is 1.21 bits per heavy atom. The zero-order valence-corrected chi connectivity index (χ0v) is 34.9. The summed E-state index contributed by atoms with van der Waals surface area (Å²) in [4.78, 5) is 110. The molecule has 11 rings (SSSR count). The number of benzene rings is 5. The fourth-order valence-electron chi connectivity index (χ4n) is 8.99. The number of aromatic nitrogens is 2. The number of cyclic esters (lactones) is 1. The number of aromatic hydroxyl groups is 7. The van der Waals surface area contributed by atoms with Gasteiger partial charge in [0.15, 0.2) is 52.5 Å². The van der Waals surface area contributed by atoms with E-state index in [9.17, 15) is 64.5 Å². The Hall–Kier alpha value is -9.45. The summed E-state index contributed by atoms with van der Waals surface area (Å²) < 4.78 is 46.1. The summed E-state index contributed by atoms with van der Waals surface area (Å²) in [5.41, 5.74) is -4.45. The van der Waals surface area contributed by atoms with Crippen LogP contribution in [0.1, 0.15) is 59.3 Å². The lowest BCUT2D eigenvalue weighted by molar-refractivity contribution is -0.287. The van der Waals surface area contributed by atoms with Gasteiger partial charge in [-0.3, -0.25) is 14.4 Å². The van der Waals surface area contributed by atoms with E-state index in [-0.39, 0.29) is 16.6 Å². The Morgan fingerprint density at radius 3 is 1.97 bits per heavy atom. The Kier molecular flexibility index (Phi) is 9.59. The molecule has 0 spiro atoms. The van der Waals surface area contributed by atoms with Gasteiger partial charge in [0.05, 0.1) is 51.1 Å². The summed E-state index contributed by atoms with van der Waals surface area (Å²) in [6.45, 7) is -1.06. The van der Waals surface area contributed by atoms with E-state index in [4.69, 9.17) is 37.9 Å². The largest absolute Gasteiger partial charge is 0.505 e. The van der Waals surface area contributed by atoms with Gasteiger partial charge >= 0.3 is 41.8 Å². The predicted octanol–water partition coefficient (Wildman–Crippen LogP) is 2.75. The van der Waals surface area contributed by atoms with Gasteiger partial charge in [0.1, 0.15) is 24.1 Å². The summed E-state index contributed by atoms with van der Waals surface area (Å²) in [5.74, 6) is -24.2. The molecule has 1 fully saturated rings. The highest BCUT2D eigenvalue weighted by Crippen LogP contribution is 2.51. The molecule has 0 aliphatic carbocycles. The third kappa shape index (κ3) is 6.67. The minimum Gasteiger partial charge on any atom is -0.505 e. The van der Waals surface area contributed by atoms with Crippen LogP contribution in [-0.2, 0) is 42.8 Å². The van der Waals surface area contributed by atoms with Gasteiger partial charge in [-0.05, 0) is 48.5 Å². The first-order chi connectivity index (χ1) is 33.4. The van der Waals surface area contributed by atoms with Crippen LogP contribution in [0.2, 0.25) is 0 Å². The molecule has 1 unspecified atom stereocenters. The molecule has 5 aromatic carbocycles. The zero-order valence-electron chi connectivity index (χ0n) is 34.9. The van der Waals surface area contributed by atoms with Crippen LogP contribution in [0, 0.1) is 5.92 Å². The minimum absolute atomic E-state index is 0.119. The molecular formula is C46H28N2O22. The second-order valence-corrected chi connectivity index (χ2v) is 16.4. The Morgan fingerprint density at radius 1 is 0.543 bits per heavy atom. The van der Waals surface area contributed by atoms with E-state index in [1.807, 2.05) is 0 Å². The molecule has 24 heteroatoms. The number of phenols is 7. The molecule has 5 aliphatic rings. The van der Waals surface area contributed by atoms with Crippen LogP contribution in [0.25, 0.3) is 33.2 Å². The standard InChI is InChI=1S/C46H28N2O22/c49-22-8-14-15(9-23(22)50)42(59)69-39-38-36(67-44(61)16-7-21-32(35(56)29(14)16)48-20-4-2-1-3-19(20)47-21)27-12-63-41(58)17-10-25(52)34(55)37-30(17)31(45(62)68-38)18(11-28(53)66-37)43(60)64-26-6-13(5-24(51)33(26)54)40(57)70-46(39)65-27/h1-10,18,27,31,36,38-39,46,49-52,54-56H,11-12H2/t18?,27-,31+,36-,38+,39-,46+/m1/s1. The summed E-state index contributed by atoms with van der Waals surface area (Å²) >= 11 is 0. The van der Waals surface area contributed by atoms with Gasteiger partial charge in [-0.1, -0.05) is 12.1 Å². The van der Waals surface area contributed by atoms with Crippen molar-refractivity contribution in [1.29, 1.82) is 0 Å². The number of carbonyl (C=O) groups is 7. The Labute approximate surface area is 387 Å². The van der Waals surface area contributed by atoms with Crippen LogP contribution in [0.3, 0.4) is 0 Å². The van der Waals surface area contributed by atoms with Gasteiger partial charge in [0.25, 0.3) is 0 Å². The van der Waals surface area contributed by atoms with E-state index in [1.54, 1.807) is 24.3 Å². The molecule has 6 aromatic rings. The van der Waals surface area contributed by atoms with Crippen LogP contribution in [-0.4, -0.2) is 125 Å². The molecule has 8 bridgehead atoms. The Bertz CT molecular complexity index is 3420. The average Bonchev–Trinajstić information content (AvgIpc) is 3.49. The van der Waals surface area contributed by atoms with Gasteiger partial charge in [0, 0.05) is 16.7 Å². The van der Waals surface area contributed by atoms with Gasteiger partial charge in [0.2, 0.25) is 23.9 Å². The normalized spacial score (nSPS) is 23.9. The van der Waals surface area contributed by atoms with Crippen molar-refractivity contribution in [1.82, 2.24) is 9.97 Å². The molecular weight excluding hydrogens is 932 g/mol. The highest BCUT2D eigenvalue weighted by molar-refractivity contribution is 6.10. The number of phenolic OH excluding ortho intramolecular Hbond substituents is 7. The third-order valence-corrected chi connectivity index (χ3v) is 12.2. The molecule has 354 valence electrons. The summed E-state index contributed by atoms with van der Waals surface area (Å²) in [5, 5.41) is 77.0. The van der Waals surface area contributed by atoms with Gasteiger partial charge in [-0.15, -0.1) is 0 Å². The van der Waals surface area contributed by atoms with Crippen LogP contribution >= 0.6 is 0 Å². The molecule has 5 aliphatic heterocycles. The van der Waals surface area contributed by atoms with Crippen LogP contribution in [0.5, 0.6) is 51.7 Å². The monoisotopic (exact) mass is 960 g/mol. The van der Waals surface area contributed by atoms with Crippen LogP contribution in [0.15, 0.2) is 60.7 Å². The van der Waals surface area contributed by atoms with Crippen LogP contribution in [0.4, 0.5) is 0 Å². The maximum Gasteiger partial charge on any atom is 0.340 e. The lowest BCUT2D eigenvalue weighted by atomic mass is 9.81. The number of nitrogens with zero attached hydrogens (tertiary/aromatic N) is 2. The molecule has 0 saturated carbocycles. The number of fused-ring (bicyclic) bond motifs is 8. The van der Waals surface area contributed by atoms with E-state index in [0.29, 0.717) is 29.8 Å². The quantitative estimate of drug-likeness (QED) is 0.0378. The molecule has 0 amide bonds. The fourth-order valence-corrected chi connectivity index (χ4v) is 8.99. The molecule has 0 radical (unpaired) electrons. The molecule has 7 N–H and O–H groups in total. The average molecular weight is 961 g/mol. The van der Waals surface area contributed by atoms with E-state index in [2.05, 4.69) is 9.97 Å². The lowest BCUT2D eigenvalue weighted by Gasteiger charge is -2.44. The number of para-hydroxylation sites is 2. The van der Waals surface area contributed by atoms with Crippen molar-refractivity contribution in [2.45, 2.75) is 43.0 Å². The van der Waals surface area contributed by atoms with Crippen molar-refractivity contribution in [3.8, 4) is 62.9 Å². The van der Waals surface area contributed by atoms with E-state index in [0.717, 1.165) is 12.1 Å². The van der Waals surface area contributed by atoms with Crippen molar-refractivity contribution in [3.63, 3.8) is 0 Å². The SMILES string of the molecule is O=C1CC2C(=O)Oc3cc(cc(O)c3O)C(=O)O[C@@H]3O[C@@H]4COC(=O)c5cc(O)c(O)c(c5[C@H]2C(=O)O[C@@H]2[C@H]3OC(=O)c3cc(O)c(O)cc3-c3c(cc5nc6ccccc6nc5c3O)C(=O)O[C@@H]24)O1. The van der Waals surface area contributed by atoms with Crippen molar-refractivity contribution >= 4 is 63.9 Å². The van der Waals surface area contributed by atoms with Crippen molar-refractivity contribution in [3.05, 3.63) is 88.5 Å². The number of carbonyl (C=O) groups excluding carboxylic acids is 7. The smallest absolute Gasteiger partial charge is 0.340 e. The first-order valence-electron chi connectivity index (χ1n) is 20.7. The zero-order chi connectivity index (χ0) is 49.2. The van der Waals surface area contributed by atoms with E-state index >= 15 is 4.79 Å². The summed E-state index contributed by atoms with van der Waals surface area (Å²) in [6.07, 6.45) is -12.2. The van der Waals surface area contributed by atoms with Gasteiger partial charge in [-0.2, -0.15) is 0 Å². The lowest BCUT2D eigenvalue weighted by Crippen LogP contribution is -2.63. The molecule has 7 atom stereocenters. The molecule has 6 heterocycles. The number of hydrogen-bond acceptors (Lipinski definition) is 24. The van der Waals surface area contributed by atoms with E-state index < -0.39 is 188 Å². The van der Waals surface area contributed by atoms with Gasteiger partial charge in [-0.25, -0.2) is 29.1 Å². The van der Waals surface area contributed by atoms with Crippen molar-refractivity contribution < 1.29 is 107 Å². The second kappa shape index (κ2) is 15.6. The number of hydrogen-bond donors (Lipinski definition) is 7. The molecule has 70 heavy (non-hydrogen) atoms. The third-order valence-electron chi connectivity index (χ3n) is 12.2. The summed E-state index contributed by atoms with van der Waals surface area (Å²) in [7, 11) is 0. The fraction of sp³-hybridized carbons (Fsp3) is 0.196. The molecule has 24 nitrogen and oxygen atoms in total. The maximum atomic E-state index is 15.2. The summed E-state index contributed by atoms with van der Waals surface area (Å²) in [6, 6.07) is 11.0. The van der Waals surface area contributed by atoms with Crippen molar-refractivity contribution in [2.75, 3.05) is 6.61 Å². The van der Waals surface area contributed by atoms with Gasteiger partial charge < -0.3 is 73.6 Å². The number of rotatable bonds is 0. The highest BCUT2D eigenvalue weighted by atomic mass is 16.7. The number of ether oxygens (including phenoxy) is 8. The predicted molar refractivity (Wildman–Crippen MR) is 222 cm³/mol. The molecule has 1 saturated heterocycles. The molecule has 1 aromatic heterocycles. The van der Waals surface area contributed by atoms with Crippen molar-refractivity contribution in [2.24, 2.45) is 5.92 Å². The maximum absolute atomic E-state index is 15.2. The first-order valence-corrected chi connectivity index (χ1v) is 20.7. The van der Waals surface area contributed by atoms with E-state index in [1.165, 1.54) is 0 Å². The van der Waals surface area contributed by atoms with Crippen LogP contribution < -0.4 is 9.47 Å². The first kappa shape index (κ1) is 43.1. The topological polar surface area (TPSA) is 361 Å². The second-order valence-electron chi connectivity index (χ2n) is 16.4. The Balaban J connectivity index is 1.18. The number of esters is 7. The highest BCUT2D eigenvalue weighted by Gasteiger charge is 2.58. The minimum atomic E-state index is -2.35.